The zero-order valence-electron chi connectivity index (χ0n) is 14.2. The van der Waals surface area contributed by atoms with Crippen LogP contribution in [0.3, 0.4) is 0 Å². The molecule has 0 bridgehead atoms. The third-order valence-corrected chi connectivity index (χ3v) is 4.52. The van der Waals surface area contributed by atoms with Gasteiger partial charge in [0, 0.05) is 13.1 Å². The number of rotatable bonds is 4. The van der Waals surface area contributed by atoms with Crippen LogP contribution in [-0.4, -0.2) is 31.2 Å². The Morgan fingerprint density at radius 1 is 1.19 bits per heavy atom. The van der Waals surface area contributed by atoms with Crippen LogP contribution in [0.2, 0.25) is 0 Å². The third kappa shape index (κ3) is 3.96. The van der Waals surface area contributed by atoms with Crippen molar-refractivity contribution in [1.82, 2.24) is 10.2 Å². The maximum Gasteiger partial charge on any atom is 0.0594 e. The van der Waals surface area contributed by atoms with Crippen molar-refractivity contribution in [3.8, 4) is 0 Å². The van der Waals surface area contributed by atoms with E-state index in [2.05, 4.69) is 75.3 Å². The van der Waals surface area contributed by atoms with E-state index in [1.165, 1.54) is 16.7 Å². The van der Waals surface area contributed by atoms with Gasteiger partial charge in [0.15, 0.2) is 0 Å². The Labute approximate surface area is 130 Å². The van der Waals surface area contributed by atoms with E-state index in [0.29, 0.717) is 6.17 Å². The Morgan fingerprint density at radius 2 is 1.86 bits per heavy atom. The highest BCUT2D eigenvalue weighted by atomic mass is 15.3. The second-order valence-corrected chi connectivity index (χ2v) is 7.01. The number of benzene rings is 1. The molecule has 0 aromatic heterocycles. The van der Waals surface area contributed by atoms with Crippen molar-refractivity contribution < 1.29 is 0 Å². The van der Waals surface area contributed by atoms with Gasteiger partial charge in [0.2, 0.25) is 0 Å². The van der Waals surface area contributed by atoms with E-state index in [-0.39, 0.29) is 5.41 Å². The van der Waals surface area contributed by atoms with Gasteiger partial charge in [-0.3, -0.25) is 4.90 Å². The van der Waals surface area contributed by atoms with Crippen LogP contribution in [0.1, 0.15) is 51.7 Å². The Bertz CT molecular complexity index is 475. The summed E-state index contributed by atoms with van der Waals surface area (Å²) in [7, 11) is 2.05. The van der Waals surface area contributed by atoms with Crippen molar-refractivity contribution in [2.24, 2.45) is 0 Å². The van der Waals surface area contributed by atoms with Crippen LogP contribution in [0.4, 0.5) is 0 Å². The molecule has 1 aliphatic rings. The molecule has 0 fully saturated rings. The molecule has 1 aromatic rings. The average molecular weight is 286 g/mol. The summed E-state index contributed by atoms with van der Waals surface area (Å²) in [5.41, 5.74) is 4.53. The highest BCUT2D eigenvalue weighted by molar-refractivity contribution is 5.66. The van der Waals surface area contributed by atoms with Crippen molar-refractivity contribution in [3.63, 3.8) is 0 Å². The van der Waals surface area contributed by atoms with Crippen molar-refractivity contribution in [3.05, 3.63) is 41.5 Å². The largest absolute Gasteiger partial charge is 0.305 e. The second kappa shape index (κ2) is 6.76. The smallest absolute Gasteiger partial charge is 0.0594 e. The van der Waals surface area contributed by atoms with Gasteiger partial charge in [0.25, 0.3) is 0 Å². The van der Waals surface area contributed by atoms with E-state index in [4.69, 9.17) is 0 Å². The topological polar surface area (TPSA) is 15.3 Å². The molecule has 1 heterocycles. The van der Waals surface area contributed by atoms with E-state index in [1.807, 2.05) is 0 Å². The first-order valence-corrected chi connectivity index (χ1v) is 8.17. The lowest BCUT2D eigenvalue weighted by atomic mass is 9.86. The van der Waals surface area contributed by atoms with Crippen LogP contribution < -0.4 is 5.32 Å². The predicted molar refractivity (Wildman–Crippen MR) is 92.4 cm³/mol. The number of hydrogen-bond donors (Lipinski definition) is 1. The zero-order chi connectivity index (χ0) is 15.5. The lowest BCUT2D eigenvalue weighted by molar-refractivity contribution is 0.185. The quantitative estimate of drug-likeness (QED) is 0.899. The summed E-state index contributed by atoms with van der Waals surface area (Å²) in [5.74, 6) is 0. The maximum atomic E-state index is 3.40. The van der Waals surface area contributed by atoms with Gasteiger partial charge in [-0.1, -0.05) is 58.0 Å². The Morgan fingerprint density at radius 3 is 2.29 bits per heavy atom. The lowest BCUT2D eigenvalue weighted by Gasteiger charge is -2.33. The fourth-order valence-corrected chi connectivity index (χ4v) is 3.06. The minimum atomic E-state index is 0.234. The van der Waals surface area contributed by atoms with Crippen LogP contribution >= 0.6 is 0 Å². The second-order valence-electron chi connectivity index (χ2n) is 7.01. The van der Waals surface area contributed by atoms with Gasteiger partial charge < -0.3 is 5.32 Å². The fourth-order valence-electron chi connectivity index (χ4n) is 3.06. The summed E-state index contributed by atoms with van der Waals surface area (Å²) in [6.07, 6.45) is 5.20. The molecule has 0 saturated heterocycles. The van der Waals surface area contributed by atoms with Crippen LogP contribution in [0, 0.1) is 0 Å². The van der Waals surface area contributed by atoms with E-state index in [9.17, 15) is 0 Å². The van der Waals surface area contributed by atoms with Gasteiger partial charge in [-0.2, -0.15) is 0 Å². The monoisotopic (exact) mass is 286 g/mol. The minimum absolute atomic E-state index is 0.234. The van der Waals surface area contributed by atoms with Gasteiger partial charge >= 0.3 is 0 Å². The number of nitrogens with zero attached hydrogens (tertiary/aromatic N) is 1. The number of hydrogen-bond acceptors (Lipinski definition) is 2. The molecule has 0 saturated carbocycles. The summed E-state index contributed by atoms with van der Waals surface area (Å²) in [4.78, 5) is 2.52. The molecule has 0 radical (unpaired) electrons. The molecule has 1 N–H and O–H groups in total. The Kier molecular flexibility index (Phi) is 5.23. The molecular weight excluding hydrogens is 256 g/mol. The molecule has 0 spiro atoms. The first kappa shape index (κ1) is 16.3. The first-order chi connectivity index (χ1) is 9.95. The average Bonchev–Trinajstić information content (AvgIpc) is 2.48. The zero-order valence-corrected chi connectivity index (χ0v) is 14.2. The lowest BCUT2D eigenvalue weighted by Crippen LogP contribution is -2.45. The molecule has 1 unspecified atom stereocenters. The molecular formula is C19H30N2. The molecule has 1 atom stereocenters. The van der Waals surface area contributed by atoms with Crippen molar-refractivity contribution in [1.29, 1.82) is 0 Å². The minimum Gasteiger partial charge on any atom is -0.305 e. The molecule has 116 valence electrons. The van der Waals surface area contributed by atoms with Crippen LogP contribution in [-0.2, 0) is 5.41 Å². The van der Waals surface area contributed by atoms with Gasteiger partial charge in [-0.25, -0.2) is 0 Å². The van der Waals surface area contributed by atoms with E-state index >= 15 is 0 Å². The van der Waals surface area contributed by atoms with Crippen LogP contribution in [0.5, 0.6) is 0 Å². The maximum absolute atomic E-state index is 3.40. The standard InChI is InChI=1S/C19H30N2/c1-6-18(20-5)21-13-11-16(12-14-21)15-7-9-17(10-8-15)19(2,3)4/h7-11,18,20H,6,12-14H2,1-5H3. The van der Waals surface area contributed by atoms with Crippen molar-refractivity contribution >= 4 is 5.57 Å². The molecule has 1 aliphatic heterocycles. The summed E-state index contributed by atoms with van der Waals surface area (Å²) in [6.45, 7) is 11.2. The van der Waals surface area contributed by atoms with Crippen molar-refractivity contribution in [2.45, 2.75) is 52.1 Å². The van der Waals surface area contributed by atoms with Gasteiger partial charge in [0.05, 0.1) is 6.17 Å². The molecule has 2 nitrogen and oxygen atoms in total. The predicted octanol–water partition coefficient (Wildman–Crippen LogP) is 4.03. The van der Waals surface area contributed by atoms with Crippen LogP contribution in [0.15, 0.2) is 30.3 Å². The molecule has 21 heavy (non-hydrogen) atoms. The molecule has 2 rings (SSSR count). The Hall–Kier alpha value is -1.12. The van der Waals surface area contributed by atoms with Gasteiger partial charge in [-0.05, 0) is 42.0 Å². The van der Waals surface area contributed by atoms with Crippen LogP contribution in [0.25, 0.3) is 5.57 Å². The summed E-state index contributed by atoms with van der Waals surface area (Å²) < 4.78 is 0. The SMILES string of the molecule is CCC(NC)N1CC=C(c2ccc(C(C)(C)C)cc2)CC1. The first-order valence-electron chi connectivity index (χ1n) is 8.17. The van der Waals surface area contributed by atoms with E-state index in [1.54, 1.807) is 0 Å². The normalized spacial score (nSPS) is 18.4. The fraction of sp³-hybridized carbons (Fsp3) is 0.579. The highest BCUT2D eigenvalue weighted by Gasteiger charge is 2.19. The highest BCUT2D eigenvalue weighted by Crippen LogP contribution is 2.27. The summed E-state index contributed by atoms with van der Waals surface area (Å²) in [5, 5.41) is 3.40. The van der Waals surface area contributed by atoms with E-state index < -0.39 is 0 Å². The molecule has 0 aliphatic carbocycles. The Balaban J connectivity index is 2.07. The number of nitrogens with one attached hydrogen (secondary N) is 1. The van der Waals surface area contributed by atoms with Crippen molar-refractivity contribution in [2.75, 3.05) is 20.1 Å². The van der Waals surface area contributed by atoms with E-state index in [0.717, 1.165) is 25.9 Å². The van der Waals surface area contributed by atoms with Gasteiger partial charge in [0.1, 0.15) is 0 Å². The molecule has 0 amide bonds. The van der Waals surface area contributed by atoms with Gasteiger partial charge in [-0.15, -0.1) is 0 Å². The summed E-state index contributed by atoms with van der Waals surface area (Å²) >= 11 is 0. The summed E-state index contributed by atoms with van der Waals surface area (Å²) in [6, 6.07) is 9.14. The molecule has 1 aromatic carbocycles. The third-order valence-electron chi connectivity index (χ3n) is 4.52. The molecule has 2 heteroatoms.